The highest BCUT2D eigenvalue weighted by molar-refractivity contribution is 5.21. The smallest absolute Gasteiger partial charge is 0.167 e. The molecule has 2 aromatic rings. The first kappa shape index (κ1) is 14.4. The van der Waals surface area contributed by atoms with Crippen molar-refractivity contribution in [1.29, 1.82) is 0 Å². The number of nitrogens with zero attached hydrogens (tertiary/aromatic N) is 1. The van der Waals surface area contributed by atoms with Gasteiger partial charge in [0, 0.05) is 24.3 Å². The minimum Gasteiger partial charge on any atom is -0.167 e. The van der Waals surface area contributed by atoms with Crippen LogP contribution in [0.3, 0.4) is 0 Å². The molecule has 0 saturated carbocycles. The molecule has 0 bridgehead atoms. The van der Waals surface area contributed by atoms with E-state index in [1.807, 2.05) is 76.5 Å². The third kappa shape index (κ3) is 4.74. The Bertz CT molecular complexity index is 303. The Hall–Kier alpha value is -1.63. The minimum atomic E-state index is 1.19. The van der Waals surface area contributed by atoms with Crippen molar-refractivity contribution in [3.63, 3.8) is 0 Å². The zero-order valence-corrected chi connectivity index (χ0v) is 10.7. The lowest BCUT2D eigenvalue weighted by Gasteiger charge is -1.92. The molecule has 0 fully saturated rings. The van der Waals surface area contributed by atoms with Crippen LogP contribution < -0.4 is 4.57 Å². The summed E-state index contributed by atoms with van der Waals surface area (Å²) in [5.41, 5.74) is 1.19. The molecule has 0 aliphatic carbocycles. The van der Waals surface area contributed by atoms with E-state index in [9.17, 15) is 0 Å². The van der Waals surface area contributed by atoms with Crippen molar-refractivity contribution in [3.8, 4) is 5.69 Å². The van der Waals surface area contributed by atoms with Crippen molar-refractivity contribution < 1.29 is 4.57 Å². The molecule has 0 radical (unpaired) electrons. The fourth-order valence-electron chi connectivity index (χ4n) is 1.17. The van der Waals surface area contributed by atoms with Crippen molar-refractivity contribution in [3.05, 3.63) is 60.9 Å². The molecule has 1 aromatic heterocycles. The zero-order valence-electron chi connectivity index (χ0n) is 10.7. The summed E-state index contributed by atoms with van der Waals surface area (Å²) in [5, 5.41) is 0. The second-order valence-corrected chi connectivity index (χ2v) is 2.62. The lowest BCUT2D eigenvalue weighted by Crippen LogP contribution is -2.28. The highest BCUT2D eigenvalue weighted by Gasteiger charge is 1.99. The molecule has 0 amide bonds. The number of benzene rings is 1. The predicted molar refractivity (Wildman–Crippen MR) is 70.7 cm³/mol. The molecule has 2 rings (SSSR count). The molecule has 0 N–H and O–H groups in total. The fourth-order valence-corrected chi connectivity index (χ4v) is 1.17. The summed E-state index contributed by atoms with van der Waals surface area (Å²) >= 11 is 0. The largest absolute Gasteiger partial charge is 0.210 e. The quantitative estimate of drug-likeness (QED) is 0.634. The van der Waals surface area contributed by atoms with Gasteiger partial charge < -0.3 is 0 Å². The Morgan fingerprint density at radius 3 is 1.56 bits per heavy atom. The van der Waals surface area contributed by atoms with E-state index in [-0.39, 0.29) is 0 Å². The maximum atomic E-state index is 2.08. The van der Waals surface area contributed by atoms with E-state index in [1.165, 1.54) is 5.69 Å². The lowest BCUT2D eigenvalue weighted by molar-refractivity contribution is -0.595. The van der Waals surface area contributed by atoms with Crippen molar-refractivity contribution in [2.24, 2.45) is 0 Å². The second kappa shape index (κ2) is 9.91. The molecule has 1 heterocycles. The van der Waals surface area contributed by atoms with Crippen molar-refractivity contribution in [1.82, 2.24) is 0 Å². The second-order valence-electron chi connectivity index (χ2n) is 2.62. The molecular formula is C15H22N+. The molecule has 0 unspecified atom stereocenters. The number of hydrogen-bond acceptors (Lipinski definition) is 0. The van der Waals surface area contributed by atoms with E-state index >= 15 is 0 Å². The van der Waals surface area contributed by atoms with Crippen LogP contribution in [-0.2, 0) is 0 Å². The van der Waals surface area contributed by atoms with E-state index in [0.717, 1.165) is 0 Å². The summed E-state index contributed by atoms with van der Waals surface area (Å²) < 4.78 is 2.08. The Morgan fingerprint density at radius 1 is 0.625 bits per heavy atom. The topological polar surface area (TPSA) is 3.88 Å². The van der Waals surface area contributed by atoms with Gasteiger partial charge >= 0.3 is 0 Å². The minimum absolute atomic E-state index is 1.19. The highest BCUT2D eigenvalue weighted by Crippen LogP contribution is 1.96. The number of hydrogen-bond donors (Lipinski definition) is 0. The van der Waals surface area contributed by atoms with E-state index in [1.54, 1.807) is 0 Å². The third-order valence-corrected chi connectivity index (χ3v) is 1.77. The molecule has 86 valence electrons. The maximum Gasteiger partial charge on any atom is 0.210 e. The van der Waals surface area contributed by atoms with Crippen LogP contribution in [0.2, 0.25) is 0 Å². The predicted octanol–water partition coefficient (Wildman–Crippen LogP) is 4.02. The summed E-state index contributed by atoms with van der Waals surface area (Å²) in [7, 11) is 0. The van der Waals surface area contributed by atoms with Gasteiger partial charge in [-0.2, -0.15) is 4.57 Å². The number of para-hydroxylation sites is 1. The van der Waals surface area contributed by atoms with Gasteiger partial charge in [0.1, 0.15) is 0 Å². The van der Waals surface area contributed by atoms with E-state index in [2.05, 4.69) is 16.7 Å². The first-order valence-electron chi connectivity index (χ1n) is 5.98. The average molecular weight is 216 g/mol. The van der Waals surface area contributed by atoms with Gasteiger partial charge in [-0.3, -0.25) is 0 Å². The van der Waals surface area contributed by atoms with E-state index < -0.39 is 0 Å². The standard InChI is InChI=1S/C11H10N.2C2H6/c1-3-7-11(8-4-1)12-9-5-2-6-10-12;2*1-2/h1-10H;2*1-2H3/q+1;;. The first-order valence-corrected chi connectivity index (χ1v) is 5.98. The molecule has 0 aliphatic rings. The van der Waals surface area contributed by atoms with Crippen LogP contribution in [0.5, 0.6) is 0 Å². The number of aromatic nitrogens is 1. The number of pyridine rings is 1. The Kier molecular flexibility index (Phi) is 8.90. The monoisotopic (exact) mass is 216 g/mol. The van der Waals surface area contributed by atoms with Gasteiger partial charge in [-0.1, -0.05) is 52.0 Å². The van der Waals surface area contributed by atoms with Crippen LogP contribution in [0.15, 0.2) is 60.9 Å². The van der Waals surface area contributed by atoms with Gasteiger partial charge in [0.25, 0.3) is 0 Å². The van der Waals surface area contributed by atoms with Gasteiger partial charge in [-0.25, -0.2) is 0 Å². The van der Waals surface area contributed by atoms with Crippen LogP contribution >= 0.6 is 0 Å². The lowest BCUT2D eigenvalue weighted by atomic mass is 10.3. The molecule has 0 atom stereocenters. The Morgan fingerprint density at radius 2 is 1.06 bits per heavy atom. The molecule has 0 saturated heterocycles. The summed E-state index contributed by atoms with van der Waals surface area (Å²) in [6.07, 6.45) is 4.07. The molecular weight excluding hydrogens is 194 g/mol. The first-order chi connectivity index (χ1) is 7.97. The van der Waals surface area contributed by atoms with Crippen LogP contribution in [0.4, 0.5) is 0 Å². The average Bonchev–Trinajstić information content (AvgIpc) is 2.45. The molecule has 1 heteroatoms. The summed E-state index contributed by atoms with van der Waals surface area (Å²) in [6.45, 7) is 8.00. The van der Waals surface area contributed by atoms with Gasteiger partial charge in [-0.05, 0) is 0 Å². The van der Waals surface area contributed by atoms with Crippen LogP contribution in [0, 0.1) is 0 Å². The van der Waals surface area contributed by atoms with Crippen LogP contribution in [0.25, 0.3) is 5.69 Å². The van der Waals surface area contributed by atoms with Gasteiger partial charge in [-0.15, -0.1) is 0 Å². The van der Waals surface area contributed by atoms with Gasteiger partial charge in [0.05, 0.1) is 0 Å². The van der Waals surface area contributed by atoms with E-state index in [4.69, 9.17) is 0 Å². The fraction of sp³-hybridized carbons (Fsp3) is 0.267. The van der Waals surface area contributed by atoms with Crippen molar-refractivity contribution in [2.45, 2.75) is 27.7 Å². The third-order valence-electron chi connectivity index (χ3n) is 1.77. The Balaban J connectivity index is 0.000000509. The van der Waals surface area contributed by atoms with Crippen molar-refractivity contribution >= 4 is 0 Å². The summed E-state index contributed by atoms with van der Waals surface area (Å²) in [5.74, 6) is 0. The van der Waals surface area contributed by atoms with E-state index in [0.29, 0.717) is 0 Å². The summed E-state index contributed by atoms with van der Waals surface area (Å²) in [4.78, 5) is 0. The molecule has 1 nitrogen and oxygen atoms in total. The molecule has 1 aromatic carbocycles. The highest BCUT2D eigenvalue weighted by atomic mass is 14.9. The van der Waals surface area contributed by atoms with Gasteiger partial charge in [0.15, 0.2) is 12.4 Å². The molecule has 16 heavy (non-hydrogen) atoms. The summed E-state index contributed by atoms with van der Waals surface area (Å²) in [6, 6.07) is 16.3. The SMILES string of the molecule is CC.CC.c1ccc(-[n+]2ccccc2)cc1. The van der Waals surface area contributed by atoms with Crippen molar-refractivity contribution in [2.75, 3.05) is 0 Å². The molecule has 0 spiro atoms. The normalized spacial score (nSPS) is 8.00. The van der Waals surface area contributed by atoms with Crippen LogP contribution in [0.1, 0.15) is 27.7 Å². The number of rotatable bonds is 1. The maximum absolute atomic E-state index is 2.08. The van der Waals surface area contributed by atoms with Gasteiger partial charge in [0.2, 0.25) is 5.69 Å². The van der Waals surface area contributed by atoms with Crippen LogP contribution in [-0.4, -0.2) is 0 Å². The molecule has 0 aliphatic heterocycles. The Labute approximate surface area is 99.4 Å². The zero-order chi connectivity index (χ0) is 12.2.